The van der Waals surface area contributed by atoms with Crippen LogP contribution in [0.2, 0.25) is 0 Å². The number of carboxylic acids is 1. The summed E-state index contributed by atoms with van der Waals surface area (Å²) in [5.74, 6) is -1.19. The predicted molar refractivity (Wildman–Crippen MR) is 88.7 cm³/mol. The monoisotopic (exact) mass is 378 g/mol. The van der Waals surface area contributed by atoms with Crippen molar-refractivity contribution in [1.29, 1.82) is 0 Å². The van der Waals surface area contributed by atoms with E-state index in [9.17, 15) is 4.79 Å². The third-order valence-electron chi connectivity index (χ3n) is 0.357. The second kappa shape index (κ2) is 29.9. The molecule has 7 nitrogen and oxygen atoms in total. The summed E-state index contributed by atoms with van der Waals surface area (Å²) in [5, 5.41) is 48.0. The normalized spacial score (nSPS) is 9.83. The first kappa shape index (κ1) is 38.5. The quantitative estimate of drug-likeness (QED) is 0.374. The Morgan fingerprint density at radius 2 is 0.609 bits per heavy atom. The number of rotatable bonds is 1. The molecule has 0 radical (unpaired) electrons. The van der Waals surface area contributed by atoms with Crippen molar-refractivity contribution >= 4 is 5.97 Å². The van der Waals surface area contributed by atoms with Crippen LogP contribution in [0.15, 0.2) is 0 Å². The van der Waals surface area contributed by atoms with E-state index in [2.05, 4.69) is 0 Å². The van der Waals surface area contributed by atoms with Crippen molar-refractivity contribution in [2.24, 2.45) is 0 Å². The molecule has 0 spiro atoms. The number of hydrogen-bond acceptors (Lipinski definition) is 6. The maximum absolute atomic E-state index is 9.45. The van der Waals surface area contributed by atoms with Crippen molar-refractivity contribution in [3.63, 3.8) is 0 Å². The molecule has 0 bridgehead atoms. The molecular weight excluding hydrogens is 340 g/mol. The largest absolute Gasteiger partial charge is 0.479 e. The standard InChI is InChI=1S/C3H6O3.4C3H8O.Ti/c1-2(4)3(5)6;4*1-3(2)4;/h2,4H,1H3,(H,5,6);4*3-4H,1-2H3;. The van der Waals surface area contributed by atoms with Gasteiger partial charge < -0.3 is 30.6 Å². The number of carbonyl (C=O) groups is 1. The first-order valence-electron chi connectivity index (χ1n) is 7.20. The van der Waals surface area contributed by atoms with Gasteiger partial charge in [0.05, 0.1) is 0 Å². The topological polar surface area (TPSA) is 138 Å². The zero-order chi connectivity index (χ0) is 19.5. The zero-order valence-corrected chi connectivity index (χ0v) is 17.5. The number of aliphatic hydroxyl groups excluding tert-OH is 5. The SMILES string of the molecule is CC(C)O.CC(C)O.CC(C)O.CC(C)O.CC(O)C(=O)O.[Ti]. The van der Waals surface area contributed by atoms with Gasteiger partial charge in [-0.2, -0.15) is 0 Å². The van der Waals surface area contributed by atoms with Gasteiger partial charge in [0.15, 0.2) is 0 Å². The Morgan fingerprint density at radius 1 is 0.565 bits per heavy atom. The fourth-order valence-corrected chi connectivity index (χ4v) is 0. The van der Waals surface area contributed by atoms with E-state index in [1.165, 1.54) is 6.92 Å². The average molecular weight is 378 g/mol. The van der Waals surface area contributed by atoms with Crippen LogP contribution in [0.5, 0.6) is 0 Å². The molecule has 0 aromatic rings. The first-order valence-corrected chi connectivity index (χ1v) is 7.20. The summed E-state index contributed by atoms with van der Waals surface area (Å²) >= 11 is 0. The van der Waals surface area contributed by atoms with Crippen molar-refractivity contribution in [3.05, 3.63) is 0 Å². The molecule has 1 atom stereocenters. The van der Waals surface area contributed by atoms with E-state index >= 15 is 0 Å². The second-order valence-corrected chi connectivity index (χ2v) is 5.39. The smallest absolute Gasteiger partial charge is 0.332 e. The van der Waals surface area contributed by atoms with Gasteiger partial charge >= 0.3 is 5.97 Å². The third-order valence-corrected chi connectivity index (χ3v) is 0.357. The molecule has 144 valence electrons. The van der Waals surface area contributed by atoms with Crippen molar-refractivity contribution < 1.29 is 57.2 Å². The first-order chi connectivity index (χ1) is 9.57. The molecule has 1 unspecified atom stereocenters. The van der Waals surface area contributed by atoms with Crippen LogP contribution in [0.4, 0.5) is 0 Å². The molecule has 0 aromatic heterocycles. The molecule has 0 saturated heterocycles. The molecule has 0 saturated carbocycles. The van der Waals surface area contributed by atoms with Crippen LogP contribution < -0.4 is 0 Å². The molecule has 0 amide bonds. The van der Waals surface area contributed by atoms with Gasteiger partial charge in [0.2, 0.25) is 0 Å². The van der Waals surface area contributed by atoms with E-state index < -0.39 is 12.1 Å². The molecule has 8 heteroatoms. The van der Waals surface area contributed by atoms with E-state index in [-0.39, 0.29) is 46.1 Å². The summed E-state index contributed by atoms with van der Waals surface area (Å²) in [5.41, 5.74) is 0. The second-order valence-electron chi connectivity index (χ2n) is 5.39. The molecule has 0 fully saturated rings. The maximum Gasteiger partial charge on any atom is 0.332 e. The summed E-state index contributed by atoms with van der Waals surface area (Å²) in [7, 11) is 0. The molecule has 0 aliphatic heterocycles. The van der Waals surface area contributed by atoms with E-state index in [1.807, 2.05) is 0 Å². The molecule has 0 aromatic carbocycles. The summed E-state index contributed by atoms with van der Waals surface area (Å²) in [4.78, 5) is 9.45. The van der Waals surface area contributed by atoms with Crippen molar-refractivity contribution in [3.8, 4) is 0 Å². The molecule has 23 heavy (non-hydrogen) atoms. The van der Waals surface area contributed by atoms with E-state index in [4.69, 9.17) is 30.6 Å². The van der Waals surface area contributed by atoms with Crippen LogP contribution in [-0.2, 0) is 26.5 Å². The molecule has 0 heterocycles. The Hall–Kier alpha value is -0.0157. The fraction of sp³-hybridized carbons (Fsp3) is 0.933. The molecule has 0 rings (SSSR count). The van der Waals surface area contributed by atoms with E-state index in [0.717, 1.165) is 0 Å². The van der Waals surface area contributed by atoms with Crippen LogP contribution in [-0.4, -0.2) is 67.1 Å². The Kier molecular flexibility index (Phi) is 50.1. The van der Waals surface area contributed by atoms with Gasteiger partial charge in [-0.05, 0) is 62.3 Å². The van der Waals surface area contributed by atoms with Crippen molar-refractivity contribution in [1.82, 2.24) is 0 Å². The number of carboxylic acid groups (broad SMARTS) is 1. The summed E-state index contributed by atoms with van der Waals surface area (Å²) in [6, 6.07) is 0. The van der Waals surface area contributed by atoms with Crippen LogP contribution in [0.1, 0.15) is 62.3 Å². The van der Waals surface area contributed by atoms with Crippen LogP contribution >= 0.6 is 0 Å². The third kappa shape index (κ3) is 553. The van der Waals surface area contributed by atoms with Gasteiger partial charge in [0.1, 0.15) is 6.10 Å². The van der Waals surface area contributed by atoms with Gasteiger partial charge in [-0.3, -0.25) is 0 Å². The fourth-order valence-electron chi connectivity index (χ4n) is 0. The predicted octanol–water partition coefficient (Wildman–Crippen LogP) is 0.998. The van der Waals surface area contributed by atoms with Crippen LogP contribution in [0.3, 0.4) is 0 Å². The minimum Gasteiger partial charge on any atom is -0.479 e. The number of aliphatic carboxylic acids is 1. The minimum atomic E-state index is -1.23. The summed E-state index contributed by atoms with van der Waals surface area (Å²) < 4.78 is 0. The number of aliphatic hydroxyl groups is 5. The molecule has 6 N–H and O–H groups in total. The van der Waals surface area contributed by atoms with Crippen molar-refractivity contribution in [2.45, 2.75) is 92.8 Å². The molecular formula is C15H38O7Ti. The molecule has 0 aliphatic carbocycles. The minimum absolute atomic E-state index is 0. The Labute approximate surface area is 156 Å². The van der Waals surface area contributed by atoms with Crippen LogP contribution in [0, 0.1) is 0 Å². The summed E-state index contributed by atoms with van der Waals surface area (Å²) in [6.07, 6.45) is -1.90. The average Bonchev–Trinajstić information content (AvgIpc) is 2.12. The maximum atomic E-state index is 9.45. The van der Waals surface area contributed by atoms with Gasteiger partial charge in [-0.1, -0.05) is 0 Å². The summed E-state index contributed by atoms with van der Waals surface area (Å²) in [6.45, 7) is 15.0. The van der Waals surface area contributed by atoms with E-state index in [1.54, 1.807) is 55.4 Å². The van der Waals surface area contributed by atoms with Gasteiger partial charge in [0, 0.05) is 46.1 Å². The van der Waals surface area contributed by atoms with Gasteiger partial charge in [-0.15, -0.1) is 0 Å². The van der Waals surface area contributed by atoms with Gasteiger partial charge in [-0.25, -0.2) is 4.79 Å². The number of hydrogen-bond donors (Lipinski definition) is 6. The Balaban J connectivity index is -0.0000000393. The van der Waals surface area contributed by atoms with E-state index in [0.29, 0.717) is 0 Å². The van der Waals surface area contributed by atoms with Crippen LogP contribution in [0.25, 0.3) is 0 Å². The van der Waals surface area contributed by atoms with Crippen molar-refractivity contribution in [2.75, 3.05) is 0 Å². The Morgan fingerprint density at radius 3 is 0.609 bits per heavy atom. The molecule has 0 aliphatic rings. The Bertz CT molecular complexity index is 161. The van der Waals surface area contributed by atoms with Gasteiger partial charge in [0.25, 0.3) is 0 Å². The zero-order valence-electron chi connectivity index (χ0n) is 16.0.